The third-order valence-electron chi connectivity index (χ3n) is 2.98. The molecule has 0 spiro atoms. The van der Waals surface area contributed by atoms with Crippen LogP contribution in [0.3, 0.4) is 0 Å². The van der Waals surface area contributed by atoms with E-state index >= 15 is 0 Å². The summed E-state index contributed by atoms with van der Waals surface area (Å²) in [4.78, 5) is 19.2. The van der Waals surface area contributed by atoms with Crippen LogP contribution >= 0.6 is 0 Å². The molecule has 104 valence electrons. The predicted molar refractivity (Wildman–Crippen MR) is 66.5 cm³/mol. The van der Waals surface area contributed by atoms with Gasteiger partial charge in [0.05, 0.1) is 0 Å². The highest BCUT2D eigenvalue weighted by atomic mass is 16.5. The van der Waals surface area contributed by atoms with E-state index in [4.69, 9.17) is 14.4 Å². The molecule has 7 nitrogen and oxygen atoms in total. The molecular formula is C13H13N3O4. The first-order valence-corrected chi connectivity index (χ1v) is 6.29. The van der Waals surface area contributed by atoms with Crippen molar-refractivity contribution in [1.29, 1.82) is 0 Å². The Labute approximate surface area is 114 Å². The van der Waals surface area contributed by atoms with Gasteiger partial charge in [0.25, 0.3) is 5.89 Å². The summed E-state index contributed by atoms with van der Waals surface area (Å²) in [7, 11) is 0. The van der Waals surface area contributed by atoms with Crippen molar-refractivity contribution in [2.75, 3.05) is 0 Å². The van der Waals surface area contributed by atoms with Gasteiger partial charge < -0.3 is 14.4 Å². The molecule has 2 aromatic rings. The van der Waals surface area contributed by atoms with Crippen LogP contribution in [0.25, 0.3) is 0 Å². The number of nitrogens with zero attached hydrogens (tertiary/aromatic N) is 3. The predicted octanol–water partition coefficient (Wildman–Crippen LogP) is 1.93. The van der Waals surface area contributed by atoms with Gasteiger partial charge in [-0.3, -0.25) is 0 Å². The molecule has 20 heavy (non-hydrogen) atoms. The number of rotatable bonds is 5. The van der Waals surface area contributed by atoms with Crippen molar-refractivity contribution in [2.24, 2.45) is 0 Å². The number of carboxylic acids is 1. The molecule has 0 radical (unpaired) electrons. The fourth-order valence-electron chi connectivity index (χ4n) is 1.79. The zero-order valence-electron chi connectivity index (χ0n) is 10.9. The van der Waals surface area contributed by atoms with Crippen molar-refractivity contribution in [1.82, 2.24) is 15.1 Å². The number of hydrogen-bond acceptors (Lipinski definition) is 6. The zero-order valence-corrected chi connectivity index (χ0v) is 10.9. The smallest absolute Gasteiger partial charge is 0.358 e. The molecule has 0 saturated heterocycles. The van der Waals surface area contributed by atoms with E-state index in [1.54, 1.807) is 19.1 Å². The summed E-state index contributed by atoms with van der Waals surface area (Å²) in [5, 5.41) is 12.9. The summed E-state index contributed by atoms with van der Waals surface area (Å²) in [5.74, 6) is 0.498. The summed E-state index contributed by atoms with van der Waals surface area (Å²) in [5.41, 5.74) is 0.496. The minimum atomic E-state index is -1.13. The Balaban J connectivity index is 1.72. The van der Waals surface area contributed by atoms with Crippen molar-refractivity contribution in [2.45, 2.75) is 32.3 Å². The number of aryl methyl sites for hydroxylation is 1. The molecule has 1 fully saturated rings. The van der Waals surface area contributed by atoms with Crippen molar-refractivity contribution in [3.05, 3.63) is 35.2 Å². The summed E-state index contributed by atoms with van der Waals surface area (Å²) in [6.45, 7) is 1.75. The summed E-state index contributed by atoms with van der Waals surface area (Å²) in [6, 6.07) is 3.26. The third-order valence-corrected chi connectivity index (χ3v) is 2.98. The second kappa shape index (κ2) is 4.92. The minimum Gasteiger partial charge on any atom is -0.481 e. The Hall–Kier alpha value is -2.44. The van der Waals surface area contributed by atoms with E-state index in [2.05, 4.69) is 15.1 Å². The number of carboxylic acid groups (broad SMARTS) is 1. The van der Waals surface area contributed by atoms with Crippen LogP contribution in [0.1, 0.15) is 46.7 Å². The molecule has 0 unspecified atom stereocenters. The number of aromatic carboxylic acids is 1. The van der Waals surface area contributed by atoms with Crippen molar-refractivity contribution < 1.29 is 19.2 Å². The first kappa shape index (κ1) is 12.6. The molecule has 0 atom stereocenters. The van der Waals surface area contributed by atoms with E-state index < -0.39 is 5.97 Å². The Morgan fingerprint density at radius 2 is 2.25 bits per heavy atom. The lowest BCUT2D eigenvalue weighted by molar-refractivity contribution is 0.0683. The highest BCUT2D eigenvalue weighted by molar-refractivity contribution is 5.88. The standard InChI is InChI=1S/C13H13N3O4/c1-7-2-5-9(11(14-7)13(17)18)19-6-10-15-12(16-20-10)8-3-4-8/h2,5,8H,3-4,6H2,1H3,(H,17,18). The minimum absolute atomic E-state index is 0.0325. The molecule has 2 heterocycles. The highest BCUT2D eigenvalue weighted by Crippen LogP contribution is 2.38. The lowest BCUT2D eigenvalue weighted by Crippen LogP contribution is -2.07. The molecule has 1 N–H and O–H groups in total. The molecule has 0 bridgehead atoms. The second-order valence-corrected chi connectivity index (χ2v) is 4.71. The maximum absolute atomic E-state index is 11.1. The number of hydrogen-bond donors (Lipinski definition) is 1. The van der Waals surface area contributed by atoms with Crippen LogP contribution in [0.4, 0.5) is 0 Å². The number of aromatic nitrogens is 3. The fraction of sp³-hybridized carbons (Fsp3) is 0.385. The topological polar surface area (TPSA) is 98.3 Å². The summed E-state index contributed by atoms with van der Waals surface area (Å²) < 4.78 is 10.5. The van der Waals surface area contributed by atoms with Gasteiger partial charge in [0.2, 0.25) is 0 Å². The van der Waals surface area contributed by atoms with E-state index in [-0.39, 0.29) is 18.1 Å². The van der Waals surface area contributed by atoms with E-state index in [0.717, 1.165) is 12.8 Å². The van der Waals surface area contributed by atoms with E-state index in [1.807, 2.05) is 0 Å². The Bertz CT molecular complexity index is 649. The molecule has 0 aromatic carbocycles. The molecule has 0 amide bonds. The van der Waals surface area contributed by atoms with Gasteiger partial charge in [0, 0.05) is 11.6 Å². The maximum atomic E-state index is 11.1. The van der Waals surface area contributed by atoms with Gasteiger partial charge in [0.1, 0.15) is 0 Å². The SMILES string of the molecule is Cc1ccc(OCc2nc(C3CC3)no2)c(C(=O)O)n1. The van der Waals surface area contributed by atoms with Crippen LogP contribution < -0.4 is 4.74 Å². The van der Waals surface area contributed by atoms with Crippen molar-refractivity contribution in [3.63, 3.8) is 0 Å². The molecule has 1 saturated carbocycles. The molecular weight excluding hydrogens is 262 g/mol. The van der Waals surface area contributed by atoms with Crippen molar-refractivity contribution in [3.8, 4) is 5.75 Å². The van der Waals surface area contributed by atoms with Gasteiger partial charge in [-0.25, -0.2) is 9.78 Å². The van der Waals surface area contributed by atoms with Gasteiger partial charge in [-0.1, -0.05) is 5.16 Å². The van der Waals surface area contributed by atoms with E-state index in [9.17, 15) is 4.79 Å². The average molecular weight is 275 g/mol. The van der Waals surface area contributed by atoms with E-state index in [0.29, 0.717) is 23.3 Å². The van der Waals surface area contributed by atoms with Gasteiger partial charge >= 0.3 is 5.97 Å². The molecule has 7 heteroatoms. The van der Waals surface area contributed by atoms with Gasteiger partial charge in [-0.2, -0.15) is 4.98 Å². The largest absolute Gasteiger partial charge is 0.481 e. The molecule has 0 aliphatic heterocycles. The Morgan fingerprint density at radius 1 is 1.45 bits per heavy atom. The Morgan fingerprint density at radius 3 is 2.95 bits per heavy atom. The zero-order chi connectivity index (χ0) is 14.1. The van der Waals surface area contributed by atoms with Crippen molar-refractivity contribution >= 4 is 5.97 Å². The normalized spacial score (nSPS) is 14.2. The highest BCUT2D eigenvalue weighted by Gasteiger charge is 2.28. The number of carbonyl (C=O) groups is 1. The Kier molecular flexibility index (Phi) is 3.09. The lowest BCUT2D eigenvalue weighted by atomic mass is 10.3. The van der Waals surface area contributed by atoms with Crippen LogP contribution in [-0.4, -0.2) is 26.2 Å². The fourth-order valence-corrected chi connectivity index (χ4v) is 1.79. The van der Waals surface area contributed by atoms with Crippen LogP contribution in [0, 0.1) is 6.92 Å². The first-order chi connectivity index (χ1) is 9.63. The quantitative estimate of drug-likeness (QED) is 0.889. The van der Waals surface area contributed by atoms with Crippen LogP contribution in [0.15, 0.2) is 16.7 Å². The third kappa shape index (κ3) is 2.61. The van der Waals surface area contributed by atoms with Crippen LogP contribution in [-0.2, 0) is 6.61 Å². The van der Waals surface area contributed by atoms with Gasteiger partial charge in [0.15, 0.2) is 23.9 Å². The number of pyridine rings is 1. The number of ether oxygens (including phenoxy) is 1. The monoisotopic (exact) mass is 275 g/mol. The maximum Gasteiger partial charge on any atom is 0.358 e. The van der Waals surface area contributed by atoms with Crippen LogP contribution in [0.2, 0.25) is 0 Å². The lowest BCUT2D eigenvalue weighted by Gasteiger charge is -2.06. The summed E-state index contributed by atoms with van der Waals surface area (Å²) >= 11 is 0. The first-order valence-electron chi connectivity index (χ1n) is 6.29. The van der Waals surface area contributed by atoms with E-state index in [1.165, 1.54) is 0 Å². The molecule has 2 aromatic heterocycles. The molecule has 3 rings (SSSR count). The van der Waals surface area contributed by atoms with Crippen LogP contribution in [0.5, 0.6) is 5.75 Å². The summed E-state index contributed by atoms with van der Waals surface area (Å²) in [6.07, 6.45) is 2.18. The van der Waals surface area contributed by atoms with Gasteiger partial charge in [-0.05, 0) is 31.9 Å². The second-order valence-electron chi connectivity index (χ2n) is 4.71. The average Bonchev–Trinajstić information content (AvgIpc) is 3.17. The molecule has 1 aliphatic carbocycles. The van der Waals surface area contributed by atoms with Gasteiger partial charge in [-0.15, -0.1) is 0 Å². The molecule has 1 aliphatic rings.